The minimum atomic E-state index is -0.485. The highest BCUT2D eigenvalue weighted by atomic mass is 35.5. The molecule has 0 radical (unpaired) electrons. The quantitative estimate of drug-likeness (QED) is 0.288. The molecule has 1 aliphatic rings. The molecular weight excluding hydrogens is 516 g/mol. The summed E-state index contributed by atoms with van der Waals surface area (Å²) in [6.07, 6.45) is 1.42. The molecule has 12 heteroatoms. The number of hydrazine groups is 1. The predicted molar refractivity (Wildman–Crippen MR) is 151 cm³/mol. The molecule has 2 aromatic heterocycles. The number of rotatable bonds is 4. The summed E-state index contributed by atoms with van der Waals surface area (Å²) in [5.41, 5.74) is 13.3. The van der Waals surface area contributed by atoms with Crippen LogP contribution in [-0.2, 0) is 5.41 Å². The van der Waals surface area contributed by atoms with Gasteiger partial charge in [0.1, 0.15) is 18.0 Å². The summed E-state index contributed by atoms with van der Waals surface area (Å²) in [6, 6.07) is 15.5. The van der Waals surface area contributed by atoms with Gasteiger partial charge in [-0.15, -0.1) is 0 Å². The Balaban J connectivity index is 1.37. The van der Waals surface area contributed by atoms with Crippen molar-refractivity contribution in [1.82, 2.24) is 25.2 Å². The minimum absolute atomic E-state index is 0.251. The average molecular weight is 543 g/mol. The van der Waals surface area contributed by atoms with Gasteiger partial charge in [-0.2, -0.15) is 10.4 Å². The molecule has 1 atom stereocenters. The van der Waals surface area contributed by atoms with Crippen molar-refractivity contribution in [2.45, 2.75) is 32.2 Å². The second-order valence-corrected chi connectivity index (χ2v) is 10.6. The van der Waals surface area contributed by atoms with Crippen LogP contribution in [0, 0.1) is 11.3 Å². The van der Waals surface area contributed by atoms with Crippen LogP contribution in [0.1, 0.15) is 49.2 Å². The largest absolute Gasteiger partial charge is 0.383 e. The molecule has 0 saturated carbocycles. The van der Waals surface area contributed by atoms with Crippen molar-refractivity contribution in [3.8, 4) is 11.8 Å². The molecule has 0 bridgehead atoms. The van der Waals surface area contributed by atoms with Crippen molar-refractivity contribution in [2.75, 3.05) is 28.4 Å². The van der Waals surface area contributed by atoms with Gasteiger partial charge in [-0.1, -0.05) is 38.4 Å². The molecule has 3 heterocycles. The van der Waals surface area contributed by atoms with E-state index in [1.807, 2.05) is 40.0 Å². The monoisotopic (exact) mass is 542 g/mol. The lowest BCUT2D eigenvalue weighted by Crippen LogP contribution is -2.31. The third-order valence-corrected chi connectivity index (χ3v) is 6.67. The van der Waals surface area contributed by atoms with Crippen LogP contribution >= 0.6 is 11.6 Å². The van der Waals surface area contributed by atoms with Crippen LogP contribution in [0.4, 0.5) is 27.9 Å². The number of hydrogen-bond acceptors (Lipinski definition) is 8. The first-order chi connectivity index (χ1) is 18.5. The van der Waals surface area contributed by atoms with Gasteiger partial charge in [-0.3, -0.25) is 10.3 Å². The number of amides is 2. The highest BCUT2D eigenvalue weighted by molar-refractivity contribution is 6.33. The Kier molecular flexibility index (Phi) is 6.59. The van der Waals surface area contributed by atoms with E-state index in [9.17, 15) is 4.79 Å². The standard InChI is InChI=1S/C27H27ClN10O/c1-27(2,3)20-12-21(38(35-20)17-8-5-15(13-29)6-9-17)34-26(39)33-19-10-7-16(11-18(19)28)23-22-24(30)31-14-32-25(22)37(4)36-23/h5-12,14,23,36H,1-4H3,(H2,30,31,32)(H2,33,34,39). The second kappa shape index (κ2) is 9.90. The van der Waals surface area contributed by atoms with Gasteiger partial charge in [0.05, 0.1) is 45.3 Å². The molecular formula is C27H27ClN10O. The molecule has 0 spiro atoms. The smallest absolute Gasteiger partial charge is 0.324 e. The summed E-state index contributed by atoms with van der Waals surface area (Å²) in [7, 11) is 1.85. The Morgan fingerprint density at radius 2 is 1.87 bits per heavy atom. The normalized spacial score (nSPS) is 14.6. The molecule has 5 N–H and O–H groups in total. The number of carbonyl (C=O) groups excluding carboxylic acids is 1. The van der Waals surface area contributed by atoms with Crippen LogP contribution in [-0.4, -0.2) is 32.8 Å². The maximum atomic E-state index is 13.1. The number of urea groups is 1. The molecule has 5 rings (SSSR count). The zero-order chi connectivity index (χ0) is 27.9. The minimum Gasteiger partial charge on any atom is -0.383 e. The molecule has 39 heavy (non-hydrogen) atoms. The van der Waals surface area contributed by atoms with E-state index in [1.165, 1.54) is 6.33 Å². The molecule has 1 unspecified atom stereocenters. The van der Waals surface area contributed by atoms with Crippen molar-refractivity contribution >= 4 is 40.8 Å². The highest BCUT2D eigenvalue weighted by Crippen LogP contribution is 2.39. The first-order valence-corrected chi connectivity index (χ1v) is 12.5. The summed E-state index contributed by atoms with van der Waals surface area (Å²) in [4.78, 5) is 21.5. The lowest BCUT2D eigenvalue weighted by molar-refractivity contribution is 0.262. The van der Waals surface area contributed by atoms with Crippen molar-refractivity contribution in [2.24, 2.45) is 0 Å². The van der Waals surface area contributed by atoms with Crippen molar-refractivity contribution in [3.05, 3.63) is 82.3 Å². The van der Waals surface area contributed by atoms with Gasteiger partial charge in [0.25, 0.3) is 0 Å². The maximum Gasteiger partial charge on any atom is 0.324 e. The van der Waals surface area contributed by atoms with Crippen LogP contribution in [0.2, 0.25) is 5.02 Å². The topological polar surface area (TPSA) is 150 Å². The lowest BCUT2D eigenvalue weighted by Gasteiger charge is -2.16. The Morgan fingerprint density at radius 1 is 1.13 bits per heavy atom. The van der Waals surface area contributed by atoms with Gasteiger partial charge in [-0.05, 0) is 42.0 Å². The number of benzene rings is 2. The van der Waals surface area contributed by atoms with Gasteiger partial charge in [0.2, 0.25) is 0 Å². The Morgan fingerprint density at radius 3 is 2.54 bits per heavy atom. The SMILES string of the molecule is CN1NC(c2ccc(NC(=O)Nc3cc(C(C)(C)C)nn3-c3ccc(C#N)cc3)c(Cl)c2)c2c(N)ncnc21. The maximum absolute atomic E-state index is 13.1. The van der Waals surface area contributed by atoms with E-state index in [0.29, 0.717) is 39.4 Å². The lowest BCUT2D eigenvalue weighted by atomic mass is 9.92. The summed E-state index contributed by atoms with van der Waals surface area (Å²) >= 11 is 6.59. The van der Waals surface area contributed by atoms with Gasteiger partial charge < -0.3 is 11.1 Å². The number of fused-ring (bicyclic) bond motifs is 1. The van der Waals surface area contributed by atoms with Gasteiger partial charge in [-0.25, -0.2) is 24.9 Å². The van der Waals surface area contributed by atoms with Crippen LogP contribution in [0.3, 0.4) is 0 Å². The highest BCUT2D eigenvalue weighted by Gasteiger charge is 2.32. The number of nitrogens with zero attached hydrogens (tertiary/aromatic N) is 6. The predicted octanol–water partition coefficient (Wildman–Crippen LogP) is 4.75. The van der Waals surface area contributed by atoms with Gasteiger partial charge in [0, 0.05) is 18.5 Å². The molecule has 198 valence electrons. The third-order valence-electron chi connectivity index (χ3n) is 6.36. The molecule has 0 aliphatic carbocycles. The van der Waals surface area contributed by atoms with E-state index in [2.05, 4.69) is 32.1 Å². The number of nitrogens with one attached hydrogen (secondary N) is 3. The average Bonchev–Trinajstić information content (AvgIpc) is 3.47. The first kappa shape index (κ1) is 26.0. The zero-order valence-electron chi connectivity index (χ0n) is 21.8. The second-order valence-electron chi connectivity index (χ2n) is 10.2. The summed E-state index contributed by atoms with van der Waals surface area (Å²) in [6.45, 7) is 6.12. The van der Waals surface area contributed by atoms with Crippen LogP contribution in [0.15, 0.2) is 54.9 Å². The Labute approximate surface area is 230 Å². The fourth-order valence-electron chi connectivity index (χ4n) is 4.30. The van der Waals surface area contributed by atoms with E-state index in [4.69, 9.17) is 27.7 Å². The van der Waals surface area contributed by atoms with E-state index >= 15 is 0 Å². The van der Waals surface area contributed by atoms with Crippen molar-refractivity contribution in [1.29, 1.82) is 5.26 Å². The number of halogens is 1. The summed E-state index contributed by atoms with van der Waals surface area (Å²) in [5.74, 6) is 1.55. The molecule has 11 nitrogen and oxygen atoms in total. The first-order valence-electron chi connectivity index (χ1n) is 12.1. The number of carbonyl (C=O) groups is 1. The summed E-state index contributed by atoms with van der Waals surface area (Å²) < 4.78 is 1.64. The fourth-order valence-corrected chi connectivity index (χ4v) is 4.53. The molecule has 0 fully saturated rings. The number of nitriles is 1. The van der Waals surface area contributed by atoms with Crippen molar-refractivity contribution in [3.63, 3.8) is 0 Å². The number of anilines is 4. The molecule has 0 saturated heterocycles. The molecule has 2 aromatic carbocycles. The van der Waals surface area contributed by atoms with E-state index in [1.54, 1.807) is 46.1 Å². The van der Waals surface area contributed by atoms with Crippen molar-refractivity contribution < 1.29 is 4.79 Å². The number of nitrogen functional groups attached to an aromatic ring is 1. The van der Waals surface area contributed by atoms with Gasteiger partial charge in [0.15, 0.2) is 5.82 Å². The fraction of sp³-hybridized carbons (Fsp3) is 0.222. The molecule has 1 aliphatic heterocycles. The van der Waals surface area contributed by atoms with E-state index in [-0.39, 0.29) is 11.5 Å². The van der Waals surface area contributed by atoms with E-state index in [0.717, 1.165) is 16.8 Å². The van der Waals surface area contributed by atoms with Crippen LogP contribution in [0.5, 0.6) is 0 Å². The number of hydrogen-bond donors (Lipinski definition) is 4. The Hall–Kier alpha value is -4.66. The summed E-state index contributed by atoms with van der Waals surface area (Å²) in [5, 5.41) is 21.7. The van der Waals surface area contributed by atoms with Crippen LogP contribution < -0.4 is 26.8 Å². The number of aromatic nitrogens is 4. The Bertz CT molecular complexity index is 1600. The third kappa shape index (κ3) is 5.07. The van der Waals surface area contributed by atoms with E-state index < -0.39 is 6.03 Å². The number of nitrogens with two attached hydrogens (primary N) is 1. The van der Waals surface area contributed by atoms with Crippen LogP contribution in [0.25, 0.3) is 5.69 Å². The molecule has 4 aromatic rings. The van der Waals surface area contributed by atoms with Gasteiger partial charge >= 0.3 is 6.03 Å². The molecule has 2 amide bonds. The zero-order valence-corrected chi connectivity index (χ0v) is 22.6.